The molecule has 1 N–H and O–H groups in total. The molecule has 0 radical (unpaired) electrons. The molecule has 0 saturated heterocycles. The summed E-state index contributed by atoms with van der Waals surface area (Å²) in [6.45, 7) is 4.43. The Morgan fingerprint density at radius 2 is 2.13 bits per heavy atom. The molecule has 122 valence electrons. The average molecular weight is 380 g/mol. The number of nitrogens with zero attached hydrogens (tertiary/aromatic N) is 2. The number of nitrogens with one attached hydrogen (secondary N) is 1. The molecular weight excluding hydrogens is 362 g/mol. The van der Waals surface area contributed by atoms with Gasteiger partial charge in [-0.25, -0.2) is 0 Å². The van der Waals surface area contributed by atoms with Gasteiger partial charge in [-0.05, 0) is 24.1 Å². The van der Waals surface area contributed by atoms with Crippen molar-refractivity contribution in [1.82, 2.24) is 10.1 Å². The van der Waals surface area contributed by atoms with Gasteiger partial charge in [0.1, 0.15) is 12.8 Å². The highest BCUT2D eigenvalue weighted by molar-refractivity contribution is 9.10. The maximum absolute atomic E-state index is 12.7. The Kier molecular flexibility index (Phi) is 5.92. The highest BCUT2D eigenvalue weighted by Gasteiger charge is 2.20. The minimum atomic E-state index is -0.317. The number of anilines is 1. The number of amides is 2. The van der Waals surface area contributed by atoms with Crippen molar-refractivity contribution in [1.29, 1.82) is 0 Å². The van der Waals surface area contributed by atoms with Crippen LogP contribution < -0.4 is 5.32 Å². The van der Waals surface area contributed by atoms with Crippen LogP contribution in [0.5, 0.6) is 0 Å². The number of carbonyl (C=O) groups is 2. The number of carbonyl (C=O) groups excluding carboxylic acids is 2. The van der Waals surface area contributed by atoms with E-state index in [4.69, 9.17) is 0 Å². The second-order valence-electron chi connectivity index (χ2n) is 5.52. The van der Waals surface area contributed by atoms with Gasteiger partial charge >= 0.3 is 0 Å². The summed E-state index contributed by atoms with van der Waals surface area (Å²) in [6, 6.07) is 8.66. The Morgan fingerprint density at radius 3 is 2.74 bits per heavy atom. The predicted octanol–water partition coefficient (Wildman–Crippen LogP) is 3.17. The first-order valence-corrected chi connectivity index (χ1v) is 8.00. The third-order valence-electron chi connectivity index (χ3n) is 2.98. The predicted molar refractivity (Wildman–Crippen MR) is 90.0 cm³/mol. The summed E-state index contributed by atoms with van der Waals surface area (Å²) in [4.78, 5) is 26.3. The lowest BCUT2D eigenvalue weighted by atomic mass is 10.1. The molecule has 2 aromatic rings. The number of halogens is 1. The minimum Gasteiger partial charge on any atom is -0.363 e. The van der Waals surface area contributed by atoms with E-state index in [0.717, 1.165) is 4.47 Å². The molecule has 1 heterocycles. The largest absolute Gasteiger partial charge is 0.363 e. The van der Waals surface area contributed by atoms with Crippen LogP contribution in [0.2, 0.25) is 0 Å². The number of rotatable bonds is 6. The molecule has 0 unspecified atom stereocenters. The average Bonchev–Trinajstić information content (AvgIpc) is 2.98. The zero-order chi connectivity index (χ0) is 16.8. The zero-order valence-corrected chi connectivity index (χ0v) is 14.5. The molecule has 1 aromatic heterocycles. The van der Waals surface area contributed by atoms with Gasteiger partial charge in [0.2, 0.25) is 5.91 Å². The molecule has 0 spiro atoms. The van der Waals surface area contributed by atoms with Gasteiger partial charge in [0.15, 0.2) is 5.82 Å². The van der Waals surface area contributed by atoms with Crippen molar-refractivity contribution >= 4 is 33.6 Å². The number of benzene rings is 1. The molecule has 0 fully saturated rings. The standard InChI is InChI=1S/C16H18BrN3O3/c1-11(2)9-20(10-15(21)18-14-6-7-23-19-14)16(22)12-4-3-5-13(17)8-12/h3-8,11H,9-10H2,1-2H3,(H,18,19,21). The molecule has 2 rings (SSSR count). The summed E-state index contributed by atoms with van der Waals surface area (Å²) in [6.07, 6.45) is 1.37. The molecule has 0 atom stereocenters. The van der Waals surface area contributed by atoms with Crippen LogP contribution in [0, 0.1) is 5.92 Å². The summed E-state index contributed by atoms with van der Waals surface area (Å²) >= 11 is 3.35. The smallest absolute Gasteiger partial charge is 0.254 e. The van der Waals surface area contributed by atoms with E-state index in [1.807, 2.05) is 19.9 Å². The first-order valence-electron chi connectivity index (χ1n) is 7.21. The van der Waals surface area contributed by atoms with Crippen LogP contribution >= 0.6 is 15.9 Å². The van der Waals surface area contributed by atoms with E-state index in [-0.39, 0.29) is 24.3 Å². The fourth-order valence-electron chi connectivity index (χ4n) is 2.10. The number of hydrogen-bond donors (Lipinski definition) is 1. The van der Waals surface area contributed by atoms with E-state index in [9.17, 15) is 9.59 Å². The summed E-state index contributed by atoms with van der Waals surface area (Å²) in [5.41, 5.74) is 0.536. The molecular formula is C16H18BrN3O3. The molecule has 23 heavy (non-hydrogen) atoms. The van der Waals surface area contributed by atoms with Gasteiger partial charge in [-0.1, -0.05) is 41.0 Å². The van der Waals surface area contributed by atoms with Gasteiger partial charge in [0.05, 0.1) is 0 Å². The Bertz CT molecular complexity index is 671. The van der Waals surface area contributed by atoms with E-state index in [1.54, 1.807) is 24.3 Å². The number of hydrogen-bond acceptors (Lipinski definition) is 4. The van der Waals surface area contributed by atoms with Crippen molar-refractivity contribution in [2.24, 2.45) is 5.92 Å². The second-order valence-corrected chi connectivity index (χ2v) is 6.44. The van der Waals surface area contributed by atoms with E-state index >= 15 is 0 Å². The Morgan fingerprint density at radius 1 is 1.35 bits per heavy atom. The summed E-state index contributed by atoms with van der Waals surface area (Å²) in [7, 11) is 0. The van der Waals surface area contributed by atoms with Crippen LogP contribution in [-0.4, -0.2) is 35.0 Å². The van der Waals surface area contributed by atoms with E-state index in [0.29, 0.717) is 17.9 Å². The quantitative estimate of drug-likeness (QED) is 0.835. The first kappa shape index (κ1) is 17.2. The van der Waals surface area contributed by atoms with Crippen molar-refractivity contribution in [2.75, 3.05) is 18.4 Å². The Labute approximate surface area is 143 Å². The van der Waals surface area contributed by atoms with Gasteiger partial charge in [-0.3, -0.25) is 9.59 Å². The molecule has 0 aliphatic rings. The van der Waals surface area contributed by atoms with E-state index in [2.05, 4.69) is 30.9 Å². The van der Waals surface area contributed by atoms with Crippen LogP contribution in [0.1, 0.15) is 24.2 Å². The van der Waals surface area contributed by atoms with Crippen molar-refractivity contribution in [3.63, 3.8) is 0 Å². The highest BCUT2D eigenvalue weighted by Crippen LogP contribution is 2.14. The van der Waals surface area contributed by atoms with Crippen LogP contribution in [0.4, 0.5) is 5.82 Å². The number of aromatic nitrogens is 1. The SMILES string of the molecule is CC(C)CN(CC(=O)Nc1ccon1)C(=O)c1cccc(Br)c1. The molecule has 0 aliphatic heterocycles. The fourth-order valence-corrected chi connectivity index (χ4v) is 2.50. The molecule has 0 bridgehead atoms. The highest BCUT2D eigenvalue weighted by atomic mass is 79.9. The maximum atomic E-state index is 12.7. The molecule has 2 amide bonds. The van der Waals surface area contributed by atoms with Crippen LogP contribution in [0.25, 0.3) is 0 Å². The fraction of sp³-hybridized carbons (Fsp3) is 0.312. The monoisotopic (exact) mass is 379 g/mol. The second kappa shape index (κ2) is 7.92. The third kappa shape index (κ3) is 5.21. The molecule has 0 aliphatic carbocycles. The lowest BCUT2D eigenvalue weighted by molar-refractivity contribution is -0.117. The third-order valence-corrected chi connectivity index (χ3v) is 3.48. The molecule has 0 saturated carbocycles. The van der Waals surface area contributed by atoms with Crippen molar-refractivity contribution in [3.8, 4) is 0 Å². The normalized spacial score (nSPS) is 10.6. The van der Waals surface area contributed by atoms with Gasteiger partial charge in [0, 0.05) is 22.6 Å². The van der Waals surface area contributed by atoms with Crippen LogP contribution in [0.3, 0.4) is 0 Å². The van der Waals surface area contributed by atoms with Gasteiger partial charge in [-0.2, -0.15) is 0 Å². The summed E-state index contributed by atoms with van der Waals surface area (Å²) in [5, 5.41) is 6.22. The first-order chi connectivity index (χ1) is 11.0. The van der Waals surface area contributed by atoms with Crippen LogP contribution in [0.15, 0.2) is 45.6 Å². The van der Waals surface area contributed by atoms with Gasteiger partial charge < -0.3 is 14.7 Å². The lowest BCUT2D eigenvalue weighted by Crippen LogP contribution is -2.40. The Balaban J connectivity index is 2.09. The molecule has 1 aromatic carbocycles. The lowest BCUT2D eigenvalue weighted by Gasteiger charge is -2.24. The minimum absolute atomic E-state index is 0.0453. The van der Waals surface area contributed by atoms with Gasteiger partial charge in [-0.15, -0.1) is 0 Å². The van der Waals surface area contributed by atoms with Crippen molar-refractivity contribution in [3.05, 3.63) is 46.6 Å². The molecule has 6 nitrogen and oxygen atoms in total. The Hall–Kier alpha value is -2.15. The maximum Gasteiger partial charge on any atom is 0.254 e. The van der Waals surface area contributed by atoms with E-state index < -0.39 is 0 Å². The van der Waals surface area contributed by atoms with E-state index in [1.165, 1.54) is 11.2 Å². The zero-order valence-electron chi connectivity index (χ0n) is 13.0. The van der Waals surface area contributed by atoms with Crippen molar-refractivity contribution in [2.45, 2.75) is 13.8 Å². The van der Waals surface area contributed by atoms with Gasteiger partial charge in [0.25, 0.3) is 5.91 Å². The topological polar surface area (TPSA) is 75.4 Å². The molecule has 7 heteroatoms. The summed E-state index contributed by atoms with van der Waals surface area (Å²) in [5.74, 6) is 0.0681. The van der Waals surface area contributed by atoms with Crippen LogP contribution in [-0.2, 0) is 4.79 Å². The summed E-state index contributed by atoms with van der Waals surface area (Å²) < 4.78 is 5.48. The van der Waals surface area contributed by atoms with Crippen molar-refractivity contribution < 1.29 is 14.1 Å².